The first-order chi connectivity index (χ1) is 8.47. The van der Waals surface area contributed by atoms with Gasteiger partial charge in [0.1, 0.15) is 0 Å². The summed E-state index contributed by atoms with van der Waals surface area (Å²) >= 11 is 2.18. The van der Waals surface area contributed by atoms with Crippen molar-refractivity contribution in [3.8, 4) is 0 Å². The van der Waals surface area contributed by atoms with Crippen LogP contribution >= 0.6 is 11.8 Å². The molecule has 0 bridgehead atoms. The molecule has 3 heteroatoms. The molecule has 0 amide bonds. The molecule has 1 fully saturated rings. The molecular formula is C15H32N2S. The lowest BCUT2D eigenvalue weighted by molar-refractivity contribution is 0.175. The van der Waals surface area contributed by atoms with E-state index < -0.39 is 0 Å². The molecule has 1 aliphatic carbocycles. The van der Waals surface area contributed by atoms with Crippen molar-refractivity contribution in [1.29, 1.82) is 0 Å². The molecule has 0 spiro atoms. The molecule has 1 aliphatic rings. The summed E-state index contributed by atoms with van der Waals surface area (Å²) in [6.07, 6.45) is 5.40. The average Bonchev–Trinajstić information content (AvgIpc) is 2.27. The van der Waals surface area contributed by atoms with Gasteiger partial charge in [0, 0.05) is 23.6 Å². The smallest absolute Gasteiger partial charge is 0.0237 e. The summed E-state index contributed by atoms with van der Waals surface area (Å²) in [5.74, 6) is 1.26. The zero-order chi connectivity index (χ0) is 13.6. The van der Waals surface area contributed by atoms with Crippen molar-refractivity contribution in [3.63, 3.8) is 0 Å². The third-order valence-corrected chi connectivity index (χ3v) is 5.36. The minimum Gasteiger partial charge on any atom is -0.312 e. The van der Waals surface area contributed by atoms with Gasteiger partial charge >= 0.3 is 0 Å². The van der Waals surface area contributed by atoms with Gasteiger partial charge in [0.25, 0.3) is 0 Å². The standard InChI is InChI=1S/C15H32N2S/c1-6-10-16-14-13(18-12-11-17(4)5)8-7-9-15(14,2)3/h13-14,16H,6-12H2,1-5H3. The summed E-state index contributed by atoms with van der Waals surface area (Å²) in [5.41, 5.74) is 0.462. The molecule has 18 heavy (non-hydrogen) atoms. The van der Waals surface area contributed by atoms with Gasteiger partial charge in [0.15, 0.2) is 0 Å². The Morgan fingerprint density at radius 1 is 1.33 bits per heavy atom. The Hall–Kier alpha value is 0.270. The summed E-state index contributed by atoms with van der Waals surface area (Å²) in [7, 11) is 4.33. The predicted octanol–water partition coefficient (Wildman–Crippen LogP) is 3.23. The second kappa shape index (κ2) is 7.76. The molecular weight excluding hydrogens is 240 g/mol. The van der Waals surface area contributed by atoms with Crippen LogP contribution in [-0.2, 0) is 0 Å². The Morgan fingerprint density at radius 2 is 2.06 bits per heavy atom. The Bertz CT molecular complexity index is 229. The van der Waals surface area contributed by atoms with Crippen LogP contribution in [0.15, 0.2) is 0 Å². The lowest BCUT2D eigenvalue weighted by Gasteiger charge is -2.44. The van der Waals surface area contributed by atoms with Gasteiger partial charge in [-0.3, -0.25) is 0 Å². The van der Waals surface area contributed by atoms with Crippen molar-refractivity contribution in [2.75, 3.05) is 32.9 Å². The fourth-order valence-electron chi connectivity index (χ4n) is 2.86. The number of rotatable bonds is 7. The summed E-state index contributed by atoms with van der Waals surface area (Å²) < 4.78 is 0. The highest BCUT2D eigenvalue weighted by Gasteiger charge is 2.38. The Kier molecular flexibility index (Phi) is 7.04. The molecule has 1 N–H and O–H groups in total. The van der Waals surface area contributed by atoms with Gasteiger partial charge in [-0.25, -0.2) is 0 Å². The molecule has 108 valence electrons. The van der Waals surface area contributed by atoms with Crippen LogP contribution in [0.3, 0.4) is 0 Å². The molecule has 0 aromatic carbocycles. The first kappa shape index (κ1) is 16.3. The van der Waals surface area contributed by atoms with Crippen molar-refractivity contribution < 1.29 is 0 Å². The Labute approximate surface area is 118 Å². The molecule has 1 rings (SSSR count). The maximum absolute atomic E-state index is 3.82. The van der Waals surface area contributed by atoms with Gasteiger partial charge in [0.05, 0.1) is 0 Å². The Morgan fingerprint density at radius 3 is 2.67 bits per heavy atom. The number of thioether (sulfide) groups is 1. The van der Waals surface area contributed by atoms with E-state index in [9.17, 15) is 0 Å². The summed E-state index contributed by atoms with van der Waals surface area (Å²) in [4.78, 5) is 2.29. The fraction of sp³-hybridized carbons (Fsp3) is 1.00. The van der Waals surface area contributed by atoms with Crippen LogP contribution in [0.1, 0.15) is 46.5 Å². The van der Waals surface area contributed by atoms with Crippen LogP contribution in [0.25, 0.3) is 0 Å². The number of nitrogens with one attached hydrogen (secondary N) is 1. The van der Waals surface area contributed by atoms with Crippen LogP contribution in [0, 0.1) is 5.41 Å². The Balaban J connectivity index is 2.50. The number of hydrogen-bond acceptors (Lipinski definition) is 3. The van der Waals surface area contributed by atoms with Gasteiger partial charge in [-0.1, -0.05) is 27.2 Å². The van der Waals surface area contributed by atoms with Gasteiger partial charge in [-0.05, 0) is 45.3 Å². The van der Waals surface area contributed by atoms with Gasteiger partial charge < -0.3 is 10.2 Å². The number of nitrogens with zero attached hydrogens (tertiary/aromatic N) is 1. The van der Waals surface area contributed by atoms with E-state index >= 15 is 0 Å². The lowest BCUT2D eigenvalue weighted by Crippen LogP contribution is -2.51. The topological polar surface area (TPSA) is 15.3 Å². The highest BCUT2D eigenvalue weighted by Crippen LogP contribution is 2.40. The van der Waals surface area contributed by atoms with E-state index in [1.807, 2.05) is 0 Å². The van der Waals surface area contributed by atoms with Crippen molar-refractivity contribution >= 4 is 11.8 Å². The van der Waals surface area contributed by atoms with Crippen LogP contribution < -0.4 is 5.32 Å². The number of hydrogen-bond donors (Lipinski definition) is 1. The summed E-state index contributed by atoms with van der Waals surface area (Å²) in [6, 6.07) is 0.693. The van der Waals surface area contributed by atoms with E-state index in [2.05, 4.69) is 56.8 Å². The lowest BCUT2D eigenvalue weighted by atomic mass is 9.73. The van der Waals surface area contributed by atoms with Gasteiger partial charge in [-0.15, -0.1) is 0 Å². The van der Waals surface area contributed by atoms with E-state index in [0.29, 0.717) is 11.5 Å². The maximum Gasteiger partial charge on any atom is 0.0237 e. The van der Waals surface area contributed by atoms with E-state index in [1.54, 1.807) is 0 Å². The van der Waals surface area contributed by atoms with Crippen molar-refractivity contribution in [2.45, 2.75) is 57.7 Å². The zero-order valence-electron chi connectivity index (χ0n) is 13.0. The van der Waals surface area contributed by atoms with E-state index in [-0.39, 0.29) is 0 Å². The van der Waals surface area contributed by atoms with E-state index in [1.165, 1.54) is 44.5 Å². The van der Waals surface area contributed by atoms with Crippen LogP contribution in [0.2, 0.25) is 0 Å². The van der Waals surface area contributed by atoms with Gasteiger partial charge in [0.2, 0.25) is 0 Å². The first-order valence-electron chi connectivity index (χ1n) is 7.47. The van der Waals surface area contributed by atoms with Crippen molar-refractivity contribution in [2.24, 2.45) is 5.41 Å². The molecule has 2 atom stereocenters. The molecule has 1 saturated carbocycles. The molecule has 0 aromatic rings. The second-order valence-corrected chi connectivity index (χ2v) is 7.87. The normalized spacial score (nSPS) is 27.7. The van der Waals surface area contributed by atoms with Gasteiger partial charge in [-0.2, -0.15) is 11.8 Å². The van der Waals surface area contributed by atoms with Crippen LogP contribution in [0.4, 0.5) is 0 Å². The maximum atomic E-state index is 3.82. The van der Waals surface area contributed by atoms with Crippen molar-refractivity contribution in [3.05, 3.63) is 0 Å². The largest absolute Gasteiger partial charge is 0.312 e. The highest BCUT2D eigenvalue weighted by molar-refractivity contribution is 8.00. The molecule has 0 aliphatic heterocycles. The third kappa shape index (κ3) is 5.10. The quantitative estimate of drug-likeness (QED) is 0.766. The average molecular weight is 273 g/mol. The second-order valence-electron chi connectivity index (χ2n) is 6.53. The fourth-order valence-corrected chi connectivity index (χ4v) is 4.62. The van der Waals surface area contributed by atoms with E-state index in [4.69, 9.17) is 0 Å². The van der Waals surface area contributed by atoms with Crippen LogP contribution in [0.5, 0.6) is 0 Å². The SMILES string of the molecule is CCCNC1C(SCCN(C)C)CCCC1(C)C. The predicted molar refractivity (Wildman–Crippen MR) is 84.5 cm³/mol. The minimum atomic E-state index is 0.462. The summed E-state index contributed by atoms with van der Waals surface area (Å²) in [5, 5.41) is 4.62. The third-order valence-electron chi connectivity index (χ3n) is 4.01. The van der Waals surface area contributed by atoms with E-state index in [0.717, 1.165) is 5.25 Å². The van der Waals surface area contributed by atoms with Crippen LogP contribution in [-0.4, -0.2) is 49.1 Å². The monoisotopic (exact) mass is 272 g/mol. The minimum absolute atomic E-state index is 0.462. The molecule has 0 radical (unpaired) electrons. The first-order valence-corrected chi connectivity index (χ1v) is 8.52. The molecule has 0 aromatic heterocycles. The highest BCUT2D eigenvalue weighted by atomic mass is 32.2. The molecule has 2 unspecified atom stereocenters. The molecule has 0 saturated heterocycles. The molecule has 2 nitrogen and oxygen atoms in total. The van der Waals surface area contributed by atoms with Crippen molar-refractivity contribution in [1.82, 2.24) is 10.2 Å². The summed E-state index contributed by atoms with van der Waals surface area (Å²) in [6.45, 7) is 9.51. The zero-order valence-corrected chi connectivity index (χ0v) is 13.8. The molecule has 0 heterocycles.